The van der Waals surface area contributed by atoms with Gasteiger partial charge in [-0.25, -0.2) is 8.78 Å². The molecule has 0 atom stereocenters. The molecule has 3 rings (SSSR count). The SMILES string of the molecule is O=C(O)CCCCCN1C(=O)/C(=C/c2ccc(-c3cc(F)ccc3F)o2)SC1=S. The number of benzene rings is 1. The number of nitrogens with zero attached hydrogens (tertiary/aromatic N) is 1. The van der Waals surface area contributed by atoms with Crippen LogP contribution in [0, 0.1) is 11.6 Å². The topological polar surface area (TPSA) is 70.8 Å². The van der Waals surface area contributed by atoms with Crippen LogP contribution in [0.15, 0.2) is 39.7 Å². The minimum atomic E-state index is -0.838. The van der Waals surface area contributed by atoms with Crippen LogP contribution in [0.2, 0.25) is 0 Å². The summed E-state index contributed by atoms with van der Waals surface area (Å²) in [5, 5.41) is 8.64. The minimum Gasteiger partial charge on any atom is -0.481 e. The second kappa shape index (κ2) is 9.32. The van der Waals surface area contributed by atoms with E-state index in [0.29, 0.717) is 40.8 Å². The van der Waals surface area contributed by atoms with Crippen molar-refractivity contribution in [3.63, 3.8) is 0 Å². The van der Waals surface area contributed by atoms with Crippen LogP contribution >= 0.6 is 24.0 Å². The maximum atomic E-state index is 13.9. The molecule has 1 saturated heterocycles. The van der Waals surface area contributed by atoms with E-state index < -0.39 is 17.6 Å². The van der Waals surface area contributed by atoms with Gasteiger partial charge in [0.05, 0.1) is 10.5 Å². The molecule has 0 aliphatic carbocycles. The first-order valence-corrected chi connectivity index (χ1v) is 10.1. The van der Waals surface area contributed by atoms with Gasteiger partial charge in [-0.05, 0) is 43.2 Å². The summed E-state index contributed by atoms with van der Waals surface area (Å²) >= 11 is 6.39. The Morgan fingerprint density at radius 3 is 2.76 bits per heavy atom. The van der Waals surface area contributed by atoms with Gasteiger partial charge in [-0.3, -0.25) is 14.5 Å². The first-order valence-electron chi connectivity index (χ1n) is 8.87. The number of hydrogen-bond donors (Lipinski definition) is 1. The number of carbonyl (C=O) groups excluding carboxylic acids is 1. The van der Waals surface area contributed by atoms with Gasteiger partial charge in [0.15, 0.2) is 0 Å². The van der Waals surface area contributed by atoms with Crippen molar-refractivity contribution < 1.29 is 27.9 Å². The third kappa shape index (κ3) is 5.30. The first kappa shape index (κ1) is 21.2. The van der Waals surface area contributed by atoms with Gasteiger partial charge in [0.1, 0.15) is 27.5 Å². The fraction of sp³-hybridized carbons (Fsp3) is 0.250. The molecule has 1 aliphatic heterocycles. The van der Waals surface area contributed by atoms with E-state index in [4.69, 9.17) is 21.7 Å². The predicted octanol–water partition coefficient (Wildman–Crippen LogP) is 5.07. The zero-order valence-electron chi connectivity index (χ0n) is 15.2. The highest BCUT2D eigenvalue weighted by molar-refractivity contribution is 8.26. The molecule has 2 aromatic rings. The smallest absolute Gasteiger partial charge is 0.303 e. The second-order valence-corrected chi connectivity index (χ2v) is 8.04. The third-order valence-corrected chi connectivity index (χ3v) is 5.62. The zero-order valence-corrected chi connectivity index (χ0v) is 16.8. The van der Waals surface area contributed by atoms with Crippen molar-refractivity contribution in [2.45, 2.75) is 25.7 Å². The molecular formula is C20H17F2NO4S2. The zero-order chi connectivity index (χ0) is 21.0. The lowest BCUT2D eigenvalue weighted by molar-refractivity contribution is -0.137. The fourth-order valence-electron chi connectivity index (χ4n) is 2.81. The van der Waals surface area contributed by atoms with Crippen molar-refractivity contribution in [3.05, 3.63) is 52.6 Å². The van der Waals surface area contributed by atoms with Crippen LogP contribution in [0.25, 0.3) is 17.4 Å². The van der Waals surface area contributed by atoms with E-state index in [1.54, 1.807) is 6.07 Å². The van der Waals surface area contributed by atoms with E-state index in [9.17, 15) is 18.4 Å². The number of hydrogen-bond acceptors (Lipinski definition) is 5. The maximum absolute atomic E-state index is 13.9. The fourth-order valence-corrected chi connectivity index (χ4v) is 4.10. The Kier molecular flexibility index (Phi) is 6.81. The highest BCUT2D eigenvalue weighted by Crippen LogP contribution is 2.34. The van der Waals surface area contributed by atoms with Crippen molar-refractivity contribution in [1.82, 2.24) is 4.90 Å². The van der Waals surface area contributed by atoms with E-state index in [1.807, 2.05) is 0 Å². The van der Waals surface area contributed by atoms with Crippen molar-refractivity contribution in [1.29, 1.82) is 0 Å². The van der Waals surface area contributed by atoms with Gasteiger partial charge < -0.3 is 9.52 Å². The van der Waals surface area contributed by atoms with Crippen molar-refractivity contribution in [3.8, 4) is 11.3 Å². The Morgan fingerprint density at radius 1 is 1.21 bits per heavy atom. The van der Waals surface area contributed by atoms with Gasteiger partial charge >= 0.3 is 5.97 Å². The summed E-state index contributed by atoms with van der Waals surface area (Å²) in [5.74, 6) is -1.81. The van der Waals surface area contributed by atoms with Crippen LogP contribution in [0.5, 0.6) is 0 Å². The molecule has 1 aliphatic rings. The summed E-state index contributed by atoms with van der Waals surface area (Å²) in [4.78, 5) is 24.9. The lowest BCUT2D eigenvalue weighted by Gasteiger charge is -2.13. The number of halogens is 2. The Hall–Kier alpha value is -2.52. The standard InChI is InChI=1S/C20H17F2NO4S2/c21-12-5-7-15(22)14(10-12)16-8-6-13(27-16)11-17-19(26)23(20(28)29-17)9-3-1-2-4-18(24)25/h5-8,10-11H,1-4,9H2,(H,24,25)/b17-11-. The summed E-state index contributed by atoms with van der Waals surface area (Å²) in [7, 11) is 0. The monoisotopic (exact) mass is 437 g/mol. The normalized spacial score (nSPS) is 15.5. The molecule has 0 radical (unpaired) electrons. The average Bonchev–Trinajstić information content (AvgIpc) is 3.23. The van der Waals surface area contributed by atoms with Crippen LogP contribution in [0.3, 0.4) is 0 Å². The number of thiocarbonyl (C=S) groups is 1. The second-order valence-electron chi connectivity index (χ2n) is 6.36. The molecule has 2 heterocycles. The molecule has 1 aromatic carbocycles. The summed E-state index contributed by atoms with van der Waals surface area (Å²) < 4.78 is 33.2. The number of carboxylic acid groups (broad SMARTS) is 1. The van der Waals surface area contributed by atoms with Crippen LogP contribution in [0.4, 0.5) is 8.78 Å². The quantitative estimate of drug-likeness (QED) is 0.353. The Balaban J connectivity index is 1.66. The lowest BCUT2D eigenvalue weighted by atomic mass is 10.1. The Bertz CT molecular complexity index is 987. The molecule has 152 valence electrons. The van der Waals surface area contributed by atoms with Gasteiger partial charge in [-0.2, -0.15) is 0 Å². The average molecular weight is 437 g/mol. The van der Waals surface area contributed by atoms with Crippen LogP contribution in [-0.2, 0) is 9.59 Å². The van der Waals surface area contributed by atoms with E-state index in [2.05, 4.69) is 0 Å². The number of aliphatic carboxylic acids is 1. The van der Waals surface area contributed by atoms with Crippen LogP contribution in [-0.4, -0.2) is 32.7 Å². The summed E-state index contributed by atoms with van der Waals surface area (Å²) in [6.07, 6.45) is 3.50. The Morgan fingerprint density at radius 2 is 2.00 bits per heavy atom. The highest BCUT2D eigenvalue weighted by Gasteiger charge is 2.31. The number of amides is 1. The molecule has 5 nitrogen and oxygen atoms in total. The molecule has 1 fully saturated rings. The number of unbranched alkanes of at least 4 members (excludes halogenated alkanes) is 2. The van der Waals surface area contributed by atoms with Crippen molar-refractivity contribution in [2.24, 2.45) is 0 Å². The van der Waals surface area contributed by atoms with Gasteiger partial charge in [0, 0.05) is 19.0 Å². The molecule has 9 heteroatoms. The summed E-state index contributed by atoms with van der Waals surface area (Å²) in [6.45, 7) is 0.416. The van der Waals surface area contributed by atoms with Gasteiger partial charge in [0.2, 0.25) is 0 Å². The van der Waals surface area contributed by atoms with E-state index in [-0.39, 0.29) is 23.7 Å². The first-order chi connectivity index (χ1) is 13.8. The number of furan rings is 1. The van der Waals surface area contributed by atoms with Gasteiger partial charge in [0.25, 0.3) is 5.91 Å². The van der Waals surface area contributed by atoms with E-state index in [0.717, 1.165) is 30.0 Å². The summed E-state index contributed by atoms with van der Waals surface area (Å²) in [5.41, 5.74) is -0.00133. The Labute approximate surface area is 175 Å². The van der Waals surface area contributed by atoms with E-state index in [1.165, 1.54) is 17.0 Å². The summed E-state index contributed by atoms with van der Waals surface area (Å²) in [6, 6.07) is 6.16. The maximum Gasteiger partial charge on any atom is 0.303 e. The molecule has 0 saturated carbocycles. The predicted molar refractivity (Wildman–Crippen MR) is 110 cm³/mol. The molecule has 1 amide bonds. The van der Waals surface area contributed by atoms with Crippen LogP contribution < -0.4 is 0 Å². The number of thioether (sulfide) groups is 1. The van der Waals surface area contributed by atoms with Gasteiger partial charge in [-0.15, -0.1) is 0 Å². The number of carboxylic acids is 1. The lowest BCUT2D eigenvalue weighted by Crippen LogP contribution is -2.29. The molecule has 0 bridgehead atoms. The minimum absolute atomic E-state index is 0.00133. The molecule has 29 heavy (non-hydrogen) atoms. The molecule has 0 unspecified atom stereocenters. The number of carbonyl (C=O) groups is 2. The highest BCUT2D eigenvalue weighted by atomic mass is 32.2. The van der Waals surface area contributed by atoms with Crippen molar-refractivity contribution >= 4 is 46.3 Å². The van der Waals surface area contributed by atoms with E-state index >= 15 is 0 Å². The third-order valence-electron chi connectivity index (χ3n) is 4.24. The molecular weight excluding hydrogens is 420 g/mol. The molecule has 1 aromatic heterocycles. The van der Waals surface area contributed by atoms with Crippen LogP contribution in [0.1, 0.15) is 31.4 Å². The molecule has 0 spiro atoms. The van der Waals surface area contributed by atoms with Gasteiger partial charge in [-0.1, -0.05) is 30.4 Å². The molecule has 1 N–H and O–H groups in total. The number of rotatable bonds is 8. The van der Waals surface area contributed by atoms with Crippen molar-refractivity contribution in [2.75, 3.05) is 6.54 Å². The largest absolute Gasteiger partial charge is 0.481 e.